The van der Waals surface area contributed by atoms with Gasteiger partial charge >= 0.3 is 11.9 Å². The number of hydrogen-bond acceptors (Lipinski definition) is 4. The molecule has 0 aromatic heterocycles. The van der Waals surface area contributed by atoms with Gasteiger partial charge in [-0.25, -0.2) is 0 Å². The van der Waals surface area contributed by atoms with Gasteiger partial charge in [0, 0.05) is 24.7 Å². The minimum atomic E-state index is -0.148. The van der Waals surface area contributed by atoms with Crippen LogP contribution in [-0.4, -0.2) is 24.1 Å². The number of hydrogen-bond donors (Lipinski definition) is 0. The molecule has 0 N–H and O–H groups in total. The SMILES string of the molecule is C=C1CC[C@]2(C)C(OC(C)=O)C[C@]3(C)[C@H](CC[C@@H]4[C@@]5(C)CCC(OC(C)=O)C(C)(C)[C@@H]5CC[C@]43C)[C@@H]2[C@H]1C. The van der Waals surface area contributed by atoms with Crippen molar-refractivity contribution in [2.24, 2.45) is 56.7 Å². The summed E-state index contributed by atoms with van der Waals surface area (Å²) in [6.07, 6.45) is 10.1. The van der Waals surface area contributed by atoms with Crippen LogP contribution >= 0.6 is 0 Å². The van der Waals surface area contributed by atoms with Crippen LogP contribution < -0.4 is 0 Å². The first-order valence-corrected chi connectivity index (χ1v) is 15.5. The minimum Gasteiger partial charge on any atom is -0.462 e. The largest absolute Gasteiger partial charge is 0.462 e. The van der Waals surface area contributed by atoms with Crippen LogP contribution in [0.3, 0.4) is 0 Å². The van der Waals surface area contributed by atoms with Gasteiger partial charge in [-0.3, -0.25) is 9.59 Å². The molecular formula is C34H54O4. The van der Waals surface area contributed by atoms with Crippen LogP contribution in [0.1, 0.15) is 120 Å². The van der Waals surface area contributed by atoms with E-state index in [0.29, 0.717) is 29.6 Å². The topological polar surface area (TPSA) is 52.6 Å². The Morgan fingerprint density at radius 2 is 1.39 bits per heavy atom. The highest BCUT2D eigenvalue weighted by Gasteiger charge is 2.72. The Morgan fingerprint density at radius 3 is 2.03 bits per heavy atom. The van der Waals surface area contributed by atoms with Crippen LogP contribution in [0, 0.1) is 56.7 Å². The Labute approximate surface area is 232 Å². The second-order valence-electron chi connectivity index (χ2n) is 15.9. The van der Waals surface area contributed by atoms with E-state index in [0.717, 1.165) is 32.1 Å². The maximum absolute atomic E-state index is 12.4. The molecule has 0 heterocycles. The first kappa shape index (κ1) is 28.2. The van der Waals surface area contributed by atoms with Crippen LogP contribution in [0.15, 0.2) is 12.2 Å². The van der Waals surface area contributed by atoms with Crippen molar-refractivity contribution in [3.05, 3.63) is 12.2 Å². The van der Waals surface area contributed by atoms with Gasteiger partial charge in [-0.15, -0.1) is 0 Å². The molecule has 0 aromatic carbocycles. The van der Waals surface area contributed by atoms with Gasteiger partial charge in [0.15, 0.2) is 0 Å². The lowest BCUT2D eigenvalue weighted by atomic mass is 9.31. The summed E-state index contributed by atoms with van der Waals surface area (Å²) in [6.45, 7) is 25.0. The number of rotatable bonds is 2. The lowest BCUT2D eigenvalue weighted by Crippen LogP contribution is -2.69. The zero-order valence-electron chi connectivity index (χ0n) is 25.7. The van der Waals surface area contributed by atoms with Gasteiger partial charge in [-0.2, -0.15) is 0 Å². The highest BCUT2D eigenvalue weighted by Crippen LogP contribution is 2.77. The fourth-order valence-electron chi connectivity index (χ4n) is 12.1. The van der Waals surface area contributed by atoms with Gasteiger partial charge < -0.3 is 9.47 Å². The standard InChI is InChI=1S/C34H54O4/c1-20-13-16-32(8)28(38-23(4)36)19-34(10)24(29(32)21(20)2)11-12-26-31(7)17-15-27(37-22(3)35)30(5,6)25(31)14-18-33(26,34)9/h21,24-29H,1,11-19H2,2-10H3/t21-,24+,25-,26+,27?,28?,29-,31-,32+,33+,34+/m0/s1. The molecule has 38 heavy (non-hydrogen) atoms. The van der Waals surface area contributed by atoms with Gasteiger partial charge in [-0.1, -0.05) is 60.6 Å². The van der Waals surface area contributed by atoms with E-state index in [1.54, 1.807) is 13.8 Å². The van der Waals surface area contributed by atoms with E-state index in [4.69, 9.17) is 9.47 Å². The van der Waals surface area contributed by atoms with Crippen molar-refractivity contribution in [1.29, 1.82) is 0 Å². The molecule has 0 amide bonds. The number of allylic oxidation sites excluding steroid dienone is 1. The molecule has 0 bridgehead atoms. The predicted molar refractivity (Wildman–Crippen MR) is 151 cm³/mol. The maximum Gasteiger partial charge on any atom is 0.302 e. The van der Waals surface area contributed by atoms with Crippen LogP contribution in [0.2, 0.25) is 0 Å². The zero-order chi connectivity index (χ0) is 28.1. The van der Waals surface area contributed by atoms with Crippen molar-refractivity contribution in [3.63, 3.8) is 0 Å². The number of fused-ring (bicyclic) bond motifs is 7. The van der Waals surface area contributed by atoms with E-state index in [1.165, 1.54) is 31.3 Å². The molecule has 5 aliphatic carbocycles. The van der Waals surface area contributed by atoms with E-state index in [9.17, 15) is 9.59 Å². The molecule has 5 saturated carbocycles. The monoisotopic (exact) mass is 526 g/mol. The summed E-state index contributed by atoms with van der Waals surface area (Å²) in [5.41, 5.74) is 1.90. The number of carbonyl (C=O) groups is 2. The molecule has 4 nitrogen and oxygen atoms in total. The van der Waals surface area contributed by atoms with Gasteiger partial charge in [0.25, 0.3) is 0 Å². The Kier molecular flexibility index (Phi) is 6.56. The second-order valence-corrected chi connectivity index (χ2v) is 15.9. The predicted octanol–water partition coefficient (Wildman–Crippen LogP) is 8.14. The quantitative estimate of drug-likeness (QED) is 0.269. The number of ether oxygens (including phenoxy) is 2. The van der Waals surface area contributed by atoms with Crippen molar-refractivity contribution in [3.8, 4) is 0 Å². The van der Waals surface area contributed by atoms with Gasteiger partial charge in [-0.05, 0) is 104 Å². The Morgan fingerprint density at radius 1 is 0.763 bits per heavy atom. The van der Waals surface area contributed by atoms with E-state index in [2.05, 4.69) is 55.0 Å². The van der Waals surface area contributed by atoms with E-state index in [-0.39, 0.29) is 51.2 Å². The zero-order valence-corrected chi connectivity index (χ0v) is 25.7. The molecule has 0 saturated heterocycles. The van der Waals surface area contributed by atoms with E-state index >= 15 is 0 Å². The molecule has 11 atom stereocenters. The third-order valence-electron chi connectivity index (χ3n) is 14.2. The summed E-state index contributed by atoms with van der Waals surface area (Å²) in [5.74, 6) is 2.47. The first-order chi connectivity index (χ1) is 17.5. The smallest absolute Gasteiger partial charge is 0.302 e. The molecule has 5 rings (SSSR count). The first-order valence-electron chi connectivity index (χ1n) is 15.5. The average Bonchev–Trinajstić information content (AvgIpc) is 2.79. The molecular weight excluding hydrogens is 472 g/mol. The Balaban J connectivity index is 1.55. The Hall–Kier alpha value is -1.32. The molecule has 2 unspecified atom stereocenters. The van der Waals surface area contributed by atoms with Gasteiger partial charge in [0.05, 0.1) is 0 Å². The fourth-order valence-corrected chi connectivity index (χ4v) is 12.1. The van der Waals surface area contributed by atoms with Crippen LogP contribution in [0.5, 0.6) is 0 Å². The summed E-state index contributed by atoms with van der Waals surface area (Å²) in [4.78, 5) is 24.4. The summed E-state index contributed by atoms with van der Waals surface area (Å²) >= 11 is 0. The van der Waals surface area contributed by atoms with Crippen molar-refractivity contribution in [2.45, 2.75) is 132 Å². The average molecular weight is 527 g/mol. The molecule has 0 aliphatic heterocycles. The molecule has 0 aromatic rings. The summed E-state index contributed by atoms with van der Waals surface area (Å²) < 4.78 is 12.2. The van der Waals surface area contributed by atoms with Gasteiger partial charge in [0.2, 0.25) is 0 Å². The van der Waals surface area contributed by atoms with E-state index < -0.39 is 0 Å². The van der Waals surface area contributed by atoms with Crippen molar-refractivity contribution in [2.75, 3.05) is 0 Å². The lowest BCUT2D eigenvalue weighted by Gasteiger charge is -2.74. The molecule has 5 fully saturated rings. The van der Waals surface area contributed by atoms with Crippen molar-refractivity contribution in [1.82, 2.24) is 0 Å². The minimum absolute atomic E-state index is 0.00666. The number of carbonyl (C=O) groups excluding carboxylic acids is 2. The highest BCUT2D eigenvalue weighted by atomic mass is 16.5. The van der Waals surface area contributed by atoms with Crippen molar-refractivity contribution >= 4 is 11.9 Å². The number of esters is 2. The van der Waals surface area contributed by atoms with Crippen molar-refractivity contribution < 1.29 is 19.1 Å². The lowest BCUT2D eigenvalue weighted by molar-refractivity contribution is -0.272. The fraction of sp³-hybridized carbons (Fsp3) is 0.882. The highest BCUT2D eigenvalue weighted by molar-refractivity contribution is 5.66. The molecule has 0 spiro atoms. The molecule has 0 radical (unpaired) electrons. The van der Waals surface area contributed by atoms with Crippen LogP contribution in [-0.2, 0) is 19.1 Å². The summed E-state index contributed by atoms with van der Waals surface area (Å²) in [6, 6.07) is 0. The molecule has 214 valence electrons. The summed E-state index contributed by atoms with van der Waals surface area (Å²) in [7, 11) is 0. The Bertz CT molecular complexity index is 1010. The third-order valence-corrected chi connectivity index (χ3v) is 14.2. The maximum atomic E-state index is 12.4. The van der Waals surface area contributed by atoms with E-state index in [1.807, 2.05) is 0 Å². The van der Waals surface area contributed by atoms with Crippen LogP contribution in [0.25, 0.3) is 0 Å². The molecule has 4 heteroatoms. The normalized spacial score (nSPS) is 51.5. The summed E-state index contributed by atoms with van der Waals surface area (Å²) in [5, 5.41) is 0. The van der Waals surface area contributed by atoms with Crippen LogP contribution in [0.4, 0.5) is 0 Å². The third kappa shape index (κ3) is 3.66. The van der Waals surface area contributed by atoms with Gasteiger partial charge in [0.1, 0.15) is 12.2 Å². The molecule has 5 aliphatic rings. The second kappa shape index (κ2) is 8.84.